The third kappa shape index (κ3) is 3.70. The lowest BCUT2D eigenvalue weighted by molar-refractivity contribution is -0.139. The SMILES string of the molecule is Cc1c(F)cccc1NC(=O)N1C[C@@H]2CN(C(=O)c3ccccc3)C[C@]2(C(=O)N(C)C)C1. The van der Waals surface area contributed by atoms with Crippen molar-refractivity contribution in [3.63, 3.8) is 0 Å². The first kappa shape index (κ1) is 21.8. The Labute approximate surface area is 186 Å². The summed E-state index contributed by atoms with van der Waals surface area (Å²) in [6.45, 7) is 2.81. The van der Waals surface area contributed by atoms with Crippen molar-refractivity contribution in [1.82, 2.24) is 14.7 Å². The lowest BCUT2D eigenvalue weighted by Crippen LogP contribution is -2.48. The number of benzene rings is 2. The van der Waals surface area contributed by atoms with Gasteiger partial charge in [0.05, 0.1) is 5.41 Å². The van der Waals surface area contributed by atoms with E-state index in [0.717, 1.165) is 0 Å². The molecule has 0 unspecified atom stereocenters. The predicted octanol–water partition coefficient (Wildman–Crippen LogP) is 2.83. The molecule has 2 aromatic rings. The monoisotopic (exact) mass is 438 g/mol. The van der Waals surface area contributed by atoms with E-state index in [1.807, 2.05) is 18.2 Å². The van der Waals surface area contributed by atoms with Crippen LogP contribution in [-0.2, 0) is 4.79 Å². The molecule has 2 aliphatic rings. The molecule has 0 bridgehead atoms. The number of hydrogen-bond acceptors (Lipinski definition) is 3. The number of hydrogen-bond donors (Lipinski definition) is 1. The van der Waals surface area contributed by atoms with Crippen LogP contribution in [0.25, 0.3) is 0 Å². The van der Waals surface area contributed by atoms with E-state index in [1.165, 1.54) is 11.0 Å². The lowest BCUT2D eigenvalue weighted by Gasteiger charge is -2.30. The van der Waals surface area contributed by atoms with Gasteiger partial charge >= 0.3 is 6.03 Å². The quantitative estimate of drug-likeness (QED) is 0.801. The summed E-state index contributed by atoms with van der Waals surface area (Å²) in [5.74, 6) is -0.778. The molecule has 7 nitrogen and oxygen atoms in total. The smallest absolute Gasteiger partial charge is 0.321 e. The number of likely N-dealkylation sites (tertiary alicyclic amines) is 2. The summed E-state index contributed by atoms with van der Waals surface area (Å²) in [6, 6.07) is 13.2. The summed E-state index contributed by atoms with van der Waals surface area (Å²) < 4.78 is 13.9. The number of carbonyl (C=O) groups is 3. The van der Waals surface area contributed by atoms with Crippen LogP contribution in [0.15, 0.2) is 48.5 Å². The molecule has 0 aromatic heterocycles. The number of rotatable bonds is 3. The zero-order chi connectivity index (χ0) is 23.0. The van der Waals surface area contributed by atoms with Gasteiger partial charge in [0.2, 0.25) is 5.91 Å². The number of anilines is 1. The molecule has 2 saturated heterocycles. The minimum absolute atomic E-state index is 0.0944. The normalized spacial score (nSPS) is 21.9. The summed E-state index contributed by atoms with van der Waals surface area (Å²) in [4.78, 5) is 44.1. The fourth-order valence-electron chi connectivity index (χ4n) is 4.82. The fraction of sp³-hybridized carbons (Fsp3) is 0.375. The van der Waals surface area contributed by atoms with Crippen LogP contribution in [0.4, 0.5) is 14.9 Å². The van der Waals surface area contributed by atoms with Gasteiger partial charge in [0.1, 0.15) is 5.82 Å². The number of nitrogens with zero attached hydrogens (tertiary/aromatic N) is 3. The van der Waals surface area contributed by atoms with Crippen molar-refractivity contribution in [2.24, 2.45) is 11.3 Å². The van der Waals surface area contributed by atoms with Gasteiger partial charge in [0.25, 0.3) is 5.91 Å². The van der Waals surface area contributed by atoms with Crippen molar-refractivity contribution >= 4 is 23.5 Å². The Balaban J connectivity index is 1.55. The van der Waals surface area contributed by atoms with Crippen LogP contribution in [0.3, 0.4) is 0 Å². The van der Waals surface area contributed by atoms with E-state index in [0.29, 0.717) is 29.9 Å². The molecule has 2 heterocycles. The second kappa shape index (κ2) is 8.26. The highest BCUT2D eigenvalue weighted by Gasteiger charge is 2.59. The van der Waals surface area contributed by atoms with Crippen molar-refractivity contribution in [1.29, 1.82) is 0 Å². The standard InChI is InChI=1S/C24H27FN4O3/c1-16-19(25)10-7-11-20(16)26-23(32)29-13-18-12-28(21(30)17-8-5-4-6-9-17)14-24(18,15-29)22(31)27(2)3/h4-11,18H,12-15H2,1-3H3,(H,26,32)/t18-,24-/m0/s1. The molecule has 4 rings (SSSR count). The van der Waals surface area contributed by atoms with Gasteiger partial charge in [0.15, 0.2) is 0 Å². The number of amides is 4. The predicted molar refractivity (Wildman–Crippen MR) is 119 cm³/mol. The molecular weight excluding hydrogens is 411 g/mol. The van der Waals surface area contributed by atoms with E-state index in [9.17, 15) is 18.8 Å². The van der Waals surface area contributed by atoms with Gasteiger partial charge in [-0.1, -0.05) is 24.3 Å². The van der Waals surface area contributed by atoms with Crippen molar-refractivity contribution in [2.45, 2.75) is 6.92 Å². The van der Waals surface area contributed by atoms with Crippen LogP contribution in [0.5, 0.6) is 0 Å². The highest BCUT2D eigenvalue weighted by Crippen LogP contribution is 2.44. The van der Waals surface area contributed by atoms with E-state index in [1.54, 1.807) is 55.1 Å². The maximum absolute atomic E-state index is 13.9. The van der Waals surface area contributed by atoms with Crippen molar-refractivity contribution < 1.29 is 18.8 Å². The topological polar surface area (TPSA) is 73.0 Å². The maximum Gasteiger partial charge on any atom is 0.321 e. The van der Waals surface area contributed by atoms with E-state index in [4.69, 9.17) is 0 Å². The molecule has 0 radical (unpaired) electrons. The van der Waals surface area contributed by atoms with Crippen molar-refractivity contribution in [3.8, 4) is 0 Å². The molecule has 32 heavy (non-hydrogen) atoms. The van der Waals surface area contributed by atoms with Crippen LogP contribution in [0, 0.1) is 24.1 Å². The van der Waals surface area contributed by atoms with Gasteiger partial charge in [-0.25, -0.2) is 9.18 Å². The van der Waals surface area contributed by atoms with Crippen molar-refractivity contribution in [3.05, 3.63) is 65.5 Å². The molecule has 4 amide bonds. The van der Waals surface area contributed by atoms with Gasteiger partial charge in [-0.05, 0) is 31.2 Å². The van der Waals surface area contributed by atoms with Gasteiger partial charge in [-0.15, -0.1) is 0 Å². The number of fused-ring (bicyclic) bond motifs is 1. The summed E-state index contributed by atoms with van der Waals surface area (Å²) in [5.41, 5.74) is 0.485. The maximum atomic E-state index is 13.9. The lowest BCUT2D eigenvalue weighted by atomic mass is 9.80. The Bertz CT molecular complexity index is 1060. The number of urea groups is 1. The van der Waals surface area contributed by atoms with Crippen LogP contribution in [0.1, 0.15) is 15.9 Å². The Kier molecular flexibility index (Phi) is 5.62. The van der Waals surface area contributed by atoms with Gasteiger partial charge in [0, 0.05) is 63.0 Å². The zero-order valence-electron chi connectivity index (χ0n) is 18.5. The average Bonchev–Trinajstić information content (AvgIpc) is 3.32. The van der Waals surface area contributed by atoms with Crippen LogP contribution in [0.2, 0.25) is 0 Å². The highest BCUT2D eigenvalue weighted by molar-refractivity contribution is 5.96. The van der Waals surface area contributed by atoms with Crippen LogP contribution >= 0.6 is 0 Å². The number of nitrogens with one attached hydrogen (secondary N) is 1. The number of halogens is 1. The van der Waals surface area contributed by atoms with E-state index < -0.39 is 11.2 Å². The molecule has 2 aromatic carbocycles. The first-order valence-electron chi connectivity index (χ1n) is 10.6. The molecule has 2 aliphatic heterocycles. The Morgan fingerprint density at radius 2 is 1.66 bits per heavy atom. The molecule has 2 atom stereocenters. The highest BCUT2D eigenvalue weighted by atomic mass is 19.1. The van der Waals surface area contributed by atoms with Crippen molar-refractivity contribution in [2.75, 3.05) is 45.6 Å². The summed E-state index contributed by atoms with van der Waals surface area (Å²) in [5, 5.41) is 2.77. The Morgan fingerprint density at radius 1 is 1.00 bits per heavy atom. The molecule has 1 N–H and O–H groups in total. The molecule has 0 aliphatic carbocycles. The summed E-state index contributed by atoms with van der Waals surface area (Å²) >= 11 is 0. The van der Waals surface area contributed by atoms with E-state index in [2.05, 4.69) is 5.32 Å². The van der Waals surface area contributed by atoms with Crippen LogP contribution < -0.4 is 5.32 Å². The minimum atomic E-state index is -0.859. The molecule has 0 saturated carbocycles. The zero-order valence-corrected chi connectivity index (χ0v) is 18.5. The largest absolute Gasteiger partial charge is 0.348 e. The Morgan fingerprint density at radius 3 is 2.34 bits per heavy atom. The minimum Gasteiger partial charge on any atom is -0.348 e. The molecule has 168 valence electrons. The van der Waals surface area contributed by atoms with E-state index >= 15 is 0 Å². The molecule has 2 fully saturated rings. The fourth-order valence-corrected chi connectivity index (χ4v) is 4.82. The molecule has 0 spiro atoms. The van der Waals surface area contributed by atoms with Crippen LogP contribution in [-0.4, -0.2) is 72.8 Å². The second-order valence-corrected chi connectivity index (χ2v) is 8.83. The molecular formula is C24H27FN4O3. The van der Waals surface area contributed by atoms with Gasteiger partial charge < -0.3 is 20.0 Å². The third-order valence-electron chi connectivity index (χ3n) is 6.55. The first-order valence-corrected chi connectivity index (χ1v) is 10.6. The van der Waals surface area contributed by atoms with Gasteiger partial charge in [-0.2, -0.15) is 0 Å². The molecule has 8 heteroatoms. The number of carbonyl (C=O) groups excluding carboxylic acids is 3. The Hall–Kier alpha value is -3.42. The summed E-state index contributed by atoms with van der Waals surface area (Å²) in [6.07, 6.45) is 0. The second-order valence-electron chi connectivity index (χ2n) is 8.83. The third-order valence-corrected chi connectivity index (χ3v) is 6.55. The van der Waals surface area contributed by atoms with E-state index in [-0.39, 0.29) is 36.9 Å². The summed E-state index contributed by atoms with van der Waals surface area (Å²) in [7, 11) is 3.38. The first-order chi connectivity index (χ1) is 15.2. The average molecular weight is 439 g/mol. The van der Waals surface area contributed by atoms with Gasteiger partial charge in [-0.3, -0.25) is 9.59 Å².